The highest BCUT2D eigenvalue weighted by Crippen LogP contribution is 2.32. The second kappa shape index (κ2) is 8.46. The Bertz CT molecular complexity index is 906. The molecule has 1 heterocycles. The minimum atomic E-state index is -0.509. The number of carbonyl (C=O) groups excluding carboxylic acids is 2. The van der Waals surface area contributed by atoms with Gasteiger partial charge in [0.25, 0.3) is 0 Å². The van der Waals surface area contributed by atoms with Crippen molar-refractivity contribution < 1.29 is 9.59 Å². The highest BCUT2D eigenvalue weighted by molar-refractivity contribution is 5.92. The zero-order valence-electron chi connectivity index (χ0n) is 17.7. The number of rotatable bonds is 7. The number of aromatic amines is 1. The van der Waals surface area contributed by atoms with E-state index in [1.165, 1.54) is 17.4 Å². The molecule has 0 radical (unpaired) electrons. The van der Waals surface area contributed by atoms with E-state index in [-0.39, 0.29) is 23.1 Å². The summed E-state index contributed by atoms with van der Waals surface area (Å²) >= 11 is 0. The molecule has 28 heavy (non-hydrogen) atoms. The number of hydrogen-bond acceptors (Lipinski definition) is 2. The number of nitrogens with zero attached hydrogens (tertiary/aromatic N) is 1. The number of aromatic nitrogens is 1. The third-order valence-corrected chi connectivity index (χ3v) is 5.25. The Morgan fingerprint density at radius 2 is 1.96 bits per heavy atom. The molecule has 2 rings (SSSR count). The van der Waals surface area contributed by atoms with Crippen molar-refractivity contribution in [2.75, 3.05) is 7.05 Å². The van der Waals surface area contributed by atoms with Gasteiger partial charge in [0.15, 0.2) is 0 Å². The molecule has 0 fully saturated rings. The van der Waals surface area contributed by atoms with Gasteiger partial charge in [-0.15, -0.1) is 6.58 Å². The maximum absolute atomic E-state index is 12.6. The molecule has 0 bridgehead atoms. The van der Waals surface area contributed by atoms with Gasteiger partial charge in [0, 0.05) is 42.7 Å². The van der Waals surface area contributed by atoms with Gasteiger partial charge in [-0.3, -0.25) is 9.59 Å². The fourth-order valence-electron chi connectivity index (χ4n) is 3.38. The van der Waals surface area contributed by atoms with Crippen LogP contribution >= 0.6 is 0 Å². The minimum Gasteiger partial charge on any atom is -0.360 e. The summed E-state index contributed by atoms with van der Waals surface area (Å²) in [6.07, 6.45) is 7.37. The van der Waals surface area contributed by atoms with Crippen molar-refractivity contribution in [3.8, 4) is 0 Å². The normalized spacial score (nSPS) is 13.1. The average molecular weight is 382 g/mol. The van der Waals surface area contributed by atoms with Gasteiger partial charge in [-0.2, -0.15) is 0 Å². The summed E-state index contributed by atoms with van der Waals surface area (Å²) in [5, 5.41) is 3.90. The highest BCUT2D eigenvalue weighted by Gasteiger charge is 2.27. The first-order valence-corrected chi connectivity index (χ1v) is 9.54. The molecule has 2 amide bonds. The molecule has 0 aliphatic rings. The van der Waals surface area contributed by atoms with Crippen LogP contribution in [0.4, 0.5) is 0 Å². The first-order valence-electron chi connectivity index (χ1n) is 9.54. The molecule has 1 aromatic heterocycles. The second-order valence-electron chi connectivity index (χ2n) is 8.06. The maximum atomic E-state index is 12.6. The number of H-pyrrole nitrogens is 1. The number of fused-ring (bicyclic) bond motifs is 1. The lowest BCUT2D eigenvalue weighted by Gasteiger charge is -2.28. The van der Waals surface area contributed by atoms with Crippen LogP contribution in [0.3, 0.4) is 0 Å². The number of carbonyl (C=O) groups is 2. The molecule has 5 heteroatoms. The van der Waals surface area contributed by atoms with Crippen LogP contribution in [-0.2, 0) is 15.0 Å². The third kappa shape index (κ3) is 4.35. The summed E-state index contributed by atoms with van der Waals surface area (Å²) in [5.74, 6) is -0.317. The SMILES string of the molecule is C=CC(C)(C)c1cccc2c(/C=C\NC(=O)[C@H](C(C)C)N(C)C(C)=O)c[nH]c12. The lowest BCUT2D eigenvalue weighted by atomic mass is 9.83. The van der Waals surface area contributed by atoms with Gasteiger partial charge in [0.1, 0.15) is 6.04 Å². The van der Waals surface area contributed by atoms with E-state index >= 15 is 0 Å². The van der Waals surface area contributed by atoms with Gasteiger partial charge in [-0.25, -0.2) is 0 Å². The third-order valence-electron chi connectivity index (χ3n) is 5.25. The van der Waals surface area contributed by atoms with Gasteiger partial charge < -0.3 is 15.2 Å². The number of para-hydroxylation sites is 1. The Labute approximate surface area is 167 Å². The van der Waals surface area contributed by atoms with Crippen molar-refractivity contribution in [1.29, 1.82) is 0 Å². The summed E-state index contributed by atoms with van der Waals surface area (Å²) in [4.78, 5) is 29.0. The molecule has 150 valence electrons. The zero-order chi connectivity index (χ0) is 21.1. The van der Waals surface area contributed by atoms with Gasteiger partial charge in [-0.1, -0.05) is 52.0 Å². The predicted molar refractivity (Wildman–Crippen MR) is 116 cm³/mol. The molecule has 0 unspecified atom stereocenters. The Morgan fingerprint density at radius 1 is 1.29 bits per heavy atom. The topological polar surface area (TPSA) is 65.2 Å². The van der Waals surface area contributed by atoms with E-state index in [9.17, 15) is 9.59 Å². The first-order chi connectivity index (χ1) is 13.1. The lowest BCUT2D eigenvalue weighted by molar-refractivity contribution is -0.138. The Balaban J connectivity index is 2.24. The predicted octanol–water partition coefficient (Wildman–Crippen LogP) is 4.22. The monoisotopic (exact) mass is 381 g/mol. The largest absolute Gasteiger partial charge is 0.360 e. The summed E-state index contributed by atoms with van der Waals surface area (Å²) in [5.41, 5.74) is 3.07. The molecule has 1 atom stereocenters. The van der Waals surface area contributed by atoms with Crippen molar-refractivity contribution in [2.24, 2.45) is 5.92 Å². The van der Waals surface area contributed by atoms with Crippen LogP contribution in [0.5, 0.6) is 0 Å². The zero-order valence-corrected chi connectivity index (χ0v) is 17.7. The van der Waals surface area contributed by atoms with E-state index in [2.05, 4.69) is 42.9 Å². The molecule has 1 aromatic carbocycles. The van der Waals surface area contributed by atoms with Gasteiger partial charge in [0.05, 0.1) is 5.52 Å². The number of nitrogens with one attached hydrogen (secondary N) is 2. The van der Waals surface area contributed by atoms with E-state index in [1.807, 2.05) is 38.3 Å². The number of amides is 2. The first kappa shape index (κ1) is 21.5. The smallest absolute Gasteiger partial charge is 0.246 e. The summed E-state index contributed by atoms with van der Waals surface area (Å²) in [6, 6.07) is 5.67. The second-order valence-corrected chi connectivity index (χ2v) is 8.06. The van der Waals surface area contributed by atoms with Crippen molar-refractivity contribution in [1.82, 2.24) is 15.2 Å². The molecule has 5 nitrogen and oxygen atoms in total. The van der Waals surface area contributed by atoms with Gasteiger partial charge in [0.2, 0.25) is 11.8 Å². The van der Waals surface area contributed by atoms with Crippen molar-refractivity contribution in [3.63, 3.8) is 0 Å². The van der Waals surface area contributed by atoms with Crippen LogP contribution in [0.25, 0.3) is 17.0 Å². The average Bonchev–Trinajstić information content (AvgIpc) is 3.04. The minimum absolute atomic E-state index is 0.0130. The van der Waals surface area contributed by atoms with E-state index < -0.39 is 6.04 Å². The van der Waals surface area contributed by atoms with Gasteiger partial charge in [-0.05, 0) is 17.6 Å². The maximum Gasteiger partial charge on any atom is 0.246 e. The van der Waals surface area contributed by atoms with E-state index in [4.69, 9.17) is 0 Å². The molecule has 2 N–H and O–H groups in total. The van der Waals surface area contributed by atoms with Crippen molar-refractivity contribution in [2.45, 2.75) is 46.1 Å². The Hall–Kier alpha value is -2.82. The van der Waals surface area contributed by atoms with Gasteiger partial charge >= 0.3 is 0 Å². The van der Waals surface area contributed by atoms with E-state index in [0.29, 0.717) is 0 Å². The summed E-state index contributed by atoms with van der Waals surface area (Å²) < 4.78 is 0. The number of likely N-dealkylation sites (N-methyl/N-ethyl adjacent to an activating group) is 1. The number of benzene rings is 1. The molecular formula is C23H31N3O2. The van der Waals surface area contributed by atoms with Crippen LogP contribution in [0, 0.1) is 5.92 Å². The summed E-state index contributed by atoms with van der Waals surface area (Å²) in [7, 11) is 1.65. The molecule has 0 saturated heterocycles. The lowest BCUT2D eigenvalue weighted by Crippen LogP contribution is -2.48. The van der Waals surface area contributed by atoms with Crippen LogP contribution in [0.1, 0.15) is 45.7 Å². The number of allylic oxidation sites excluding steroid dienone is 1. The Kier molecular flexibility index (Phi) is 6.49. The van der Waals surface area contributed by atoms with Crippen LogP contribution < -0.4 is 5.32 Å². The summed E-state index contributed by atoms with van der Waals surface area (Å²) in [6.45, 7) is 13.5. The quantitative estimate of drug-likeness (QED) is 0.705. The van der Waals surface area contributed by atoms with Crippen molar-refractivity contribution in [3.05, 3.63) is 54.4 Å². The molecule has 0 saturated carbocycles. The fourth-order valence-corrected chi connectivity index (χ4v) is 3.38. The number of hydrogen-bond donors (Lipinski definition) is 2. The molecule has 2 aromatic rings. The molecular weight excluding hydrogens is 350 g/mol. The molecule has 0 spiro atoms. The highest BCUT2D eigenvalue weighted by atomic mass is 16.2. The van der Waals surface area contributed by atoms with E-state index in [1.54, 1.807) is 13.2 Å². The van der Waals surface area contributed by atoms with Crippen LogP contribution in [0.2, 0.25) is 0 Å². The van der Waals surface area contributed by atoms with E-state index in [0.717, 1.165) is 16.5 Å². The Morgan fingerprint density at radius 3 is 2.54 bits per heavy atom. The fraction of sp³-hybridized carbons (Fsp3) is 0.391. The van der Waals surface area contributed by atoms with Crippen LogP contribution in [0.15, 0.2) is 43.3 Å². The molecule has 0 aliphatic heterocycles. The van der Waals surface area contributed by atoms with Crippen molar-refractivity contribution >= 4 is 28.8 Å². The molecule has 0 aliphatic carbocycles. The van der Waals surface area contributed by atoms with Crippen LogP contribution in [-0.4, -0.2) is 34.8 Å². The standard InChI is InChI=1S/C23H31N3O2/c1-8-23(5,6)19-11-9-10-18-17(14-25-20(18)19)12-13-24-22(28)21(15(2)3)26(7)16(4)27/h8-15,21,25H,1H2,2-7H3,(H,24,28)/b13-12-/t21-/m0/s1.